The third-order valence-corrected chi connectivity index (χ3v) is 4.85. The van der Waals surface area contributed by atoms with E-state index in [1.807, 2.05) is 30.3 Å². The first-order valence-corrected chi connectivity index (χ1v) is 8.56. The minimum atomic E-state index is -0.519. The van der Waals surface area contributed by atoms with Gasteiger partial charge in [-0.2, -0.15) is 4.98 Å². The SMILES string of the molecule is O=C1OCC2=C1C(c1ccccc1)NC(=O)N2Cc1nc(C2CC2)no1. The van der Waals surface area contributed by atoms with E-state index in [1.165, 1.54) is 4.90 Å². The largest absolute Gasteiger partial charge is 0.456 e. The average Bonchev–Trinajstić information content (AvgIpc) is 3.29. The summed E-state index contributed by atoms with van der Waals surface area (Å²) in [6.45, 7) is 0.178. The van der Waals surface area contributed by atoms with Gasteiger partial charge in [0.2, 0.25) is 5.89 Å². The Hall–Kier alpha value is -3.16. The standard InChI is InChI=1S/C18H16N4O4/c23-17-14-12(9-25-17)22(8-13-19-16(21-26-13)11-6-7-11)18(24)20-15(14)10-4-2-1-3-5-10/h1-5,11,15H,6-9H2,(H,20,24). The second kappa shape index (κ2) is 5.69. The van der Waals surface area contributed by atoms with Crippen LogP contribution in [0.2, 0.25) is 0 Å². The molecule has 8 heteroatoms. The van der Waals surface area contributed by atoms with Gasteiger partial charge in [-0.1, -0.05) is 35.5 Å². The molecule has 132 valence electrons. The predicted molar refractivity (Wildman–Crippen MR) is 87.5 cm³/mol. The van der Waals surface area contributed by atoms with Crippen LogP contribution in [0.15, 0.2) is 46.1 Å². The van der Waals surface area contributed by atoms with Crippen molar-refractivity contribution in [3.05, 3.63) is 58.9 Å². The number of benzene rings is 1. The molecule has 1 atom stereocenters. The van der Waals surface area contributed by atoms with Crippen LogP contribution in [0.3, 0.4) is 0 Å². The van der Waals surface area contributed by atoms with Crippen molar-refractivity contribution in [1.82, 2.24) is 20.4 Å². The highest BCUT2D eigenvalue weighted by atomic mass is 16.5. The molecule has 0 spiro atoms. The molecule has 8 nitrogen and oxygen atoms in total. The van der Waals surface area contributed by atoms with Gasteiger partial charge >= 0.3 is 12.0 Å². The fourth-order valence-corrected chi connectivity index (χ4v) is 3.35. The van der Waals surface area contributed by atoms with E-state index in [9.17, 15) is 9.59 Å². The van der Waals surface area contributed by atoms with Gasteiger partial charge in [0.15, 0.2) is 5.82 Å². The van der Waals surface area contributed by atoms with E-state index < -0.39 is 12.0 Å². The maximum absolute atomic E-state index is 12.7. The minimum Gasteiger partial charge on any atom is -0.456 e. The lowest BCUT2D eigenvalue weighted by molar-refractivity contribution is -0.136. The van der Waals surface area contributed by atoms with E-state index in [2.05, 4.69) is 15.5 Å². The maximum Gasteiger partial charge on any atom is 0.338 e. The summed E-state index contributed by atoms with van der Waals surface area (Å²) in [5.41, 5.74) is 1.84. The number of rotatable bonds is 4. The van der Waals surface area contributed by atoms with Crippen LogP contribution in [-0.2, 0) is 16.1 Å². The third-order valence-electron chi connectivity index (χ3n) is 4.85. The van der Waals surface area contributed by atoms with Gasteiger partial charge in [0.05, 0.1) is 17.3 Å². The summed E-state index contributed by atoms with van der Waals surface area (Å²) >= 11 is 0. The lowest BCUT2D eigenvalue weighted by atomic mass is 9.96. The van der Waals surface area contributed by atoms with E-state index in [1.54, 1.807) is 0 Å². The molecular formula is C18H16N4O4. The van der Waals surface area contributed by atoms with Crippen molar-refractivity contribution in [2.75, 3.05) is 6.61 Å². The molecule has 1 unspecified atom stereocenters. The summed E-state index contributed by atoms with van der Waals surface area (Å²) in [5, 5.41) is 6.86. The summed E-state index contributed by atoms with van der Waals surface area (Å²) in [7, 11) is 0. The van der Waals surface area contributed by atoms with E-state index in [0.717, 1.165) is 18.4 Å². The van der Waals surface area contributed by atoms with Crippen LogP contribution >= 0.6 is 0 Å². The fraction of sp³-hybridized carbons (Fsp3) is 0.333. The summed E-state index contributed by atoms with van der Waals surface area (Å²) in [4.78, 5) is 30.8. The molecule has 2 aromatic rings. The van der Waals surface area contributed by atoms with Gasteiger partial charge in [-0.15, -0.1) is 0 Å². The van der Waals surface area contributed by atoms with Crippen molar-refractivity contribution >= 4 is 12.0 Å². The van der Waals surface area contributed by atoms with E-state index in [0.29, 0.717) is 28.9 Å². The number of esters is 1. The van der Waals surface area contributed by atoms with Gasteiger partial charge in [0.25, 0.3) is 0 Å². The van der Waals surface area contributed by atoms with Crippen LogP contribution in [0.1, 0.15) is 42.1 Å². The molecule has 0 bridgehead atoms. The zero-order chi connectivity index (χ0) is 17.7. The second-order valence-corrected chi connectivity index (χ2v) is 6.64. The molecule has 3 heterocycles. The Morgan fingerprint density at radius 1 is 1.19 bits per heavy atom. The quantitative estimate of drug-likeness (QED) is 0.846. The number of amides is 2. The lowest BCUT2D eigenvalue weighted by Gasteiger charge is -2.32. The minimum absolute atomic E-state index is 0.0640. The molecule has 1 aromatic heterocycles. The Morgan fingerprint density at radius 3 is 2.77 bits per heavy atom. The fourth-order valence-electron chi connectivity index (χ4n) is 3.35. The molecule has 0 radical (unpaired) electrons. The van der Waals surface area contributed by atoms with Crippen LogP contribution < -0.4 is 5.32 Å². The van der Waals surface area contributed by atoms with Gasteiger partial charge in [0, 0.05) is 5.92 Å². The number of urea groups is 1. The zero-order valence-corrected chi connectivity index (χ0v) is 13.8. The van der Waals surface area contributed by atoms with Crippen LogP contribution in [0.4, 0.5) is 4.79 Å². The molecule has 1 fully saturated rings. The van der Waals surface area contributed by atoms with Gasteiger partial charge in [-0.3, -0.25) is 4.90 Å². The van der Waals surface area contributed by atoms with Gasteiger partial charge in [0.1, 0.15) is 13.2 Å². The molecule has 2 aliphatic heterocycles. The van der Waals surface area contributed by atoms with Gasteiger partial charge < -0.3 is 14.6 Å². The number of carbonyl (C=O) groups excluding carboxylic acids is 2. The van der Waals surface area contributed by atoms with E-state index in [-0.39, 0.29) is 19.2 Å². The van der Waals surface area contributed by atoms with Crippen molar-refractivity contribution < 1.29 is 18.8 Å². The number of carbonyl (C=O) groups is 2. The molecule has 1 N–H and O–H groups in total. The number of nitrogens with zero attached hydrogens (tertiary/aromatic N) is 3. The summed E-state index contributed by atoms with van der Waals surface area (Å²) < 4.78 is 10.5. The molecule has 26 heavy (non-hydrogen) atoms. The van der Waals surface area contributed by atoms with Crippen molar-refractivity contribution in [3.63, 3.8) is 0 Å². The summed E-state index contributed by atoms with van der Waals surface area (Å²) in [5.74, 6) is 0.998. The molecule has 3 aliphatic rings. The average molecular weight is 352 g/mol. The number of aromatic nitrogens is 2. The summed E-state index contributed by atoms with van der Waals surface area (Å²) in [6.07, 6.45) is 2.14. The Balaban J connectivity index is 1.48. The second-order valence-electron chi connectivity index (χ2n) is 6.64. The molecule has 0 saturated heterocycles. The first-order valence-electron chi connectivity index (χ1n) is 8.56. The highest BCUT2D eigenvalue weighted by molar-refractivity contribution is 5.97. The topological polar surface area (TPSA) is 97.6 Å². The molecule has 2 amide bonds. The zero-order valence-electron chi connectivity index (χ0n) is 13.8. The van der Waals surface area contributed by atoms with Gasteiger partial charge in [-0.25, -0.2) is 9.59 Å². The summed E-state index contributed by atoms with van der Waals surface area (Å²) in [6, 6.07) is 8.53. The normalized spacial score (nSPS) is 22.3. The molecule has 1 aromatic carbocycles. The number of ether oxygens (including phenoxy) is 1. The number of hydrogen-bond acceptors (Lipinski definition) is 6. The Bertz CT molecular complexity index is 916. The lowest BCUT2D eigenvalue weighted by Crippen LogP contribution is -2.46. The molecule has 1 saturated carbocycles. The van der Waals surface area contributed by atoms with Crippen molar-refractivity contribution in [1.29, 1.82) is 0 Å². The highest BCUT2D eigenvalue weighted by Gasteiger charge is 2.42. The first kappa shape index (κ1) is 15.1. The van der Waals surface area contributed by atoms with Gasteiger partial charge in [-0.05, 0) is 18.4 Å². The van der Waals surface area contributed by atoms with Crippen molar-refractivity contribution in [3.8, 4) is 0 Å². The van der Waals surface area contributed by atoms with Crippen LogP contribution in [0.5, 0.6) is 0 Å². The Labute approximate surface area is 148 Å². The predicted octanol–water partition coefficient (Wildman–Crippen LogP) is 2.02. The van der Waals surface area contributed by atoms with Crippen LogP contribution in [-0.4, -0.2) is 33.6 Å². The van der Waals surface area contributed by atoms with E-state index >= 15 is 0 Å². The number of hydrogen-bond donors (Lipinski definition) is 1. The smallest absolute Gasteiger partial charge is 0.338 e. The first-order chi connectivity index (χ1) is 12.7. The number of nitrogens with one attached hydrogen (secondary N) is 1. The maximum atomic E-state index is 12.7. The third kappa shape index (κ3) is 2.45. The Morgan fingerprint density at radius 2 is 2.00 bits per heavy atom. The van der Waals surface area contributed by atoms with Crippen molar-refractivity contribution in [2.24, 2.45) is 0 Å². The molecule has 5 rings (SSSR count). The molecule has 1 aliphatic carbocycles. The Kier molecular flexibility index (Phi) is 3.31. The highest BCUT2D eigenvalue weighted by Crippen LogP contribution is 2.39. The van der Waals surface area contributed by atoms with E-state index in [4.69, 9.17) is 9.26 Å². The molecular weight excluding hydrogens is 336 g/mol. The monoisotopic (exact) mass is 352 g/mol. The van der Waals surface area contributed by atoms with Crippen molar-refractivity contribution in [2.45, 2.75) is 31.3 Å². The van der Waals surface area contributed by atoms with Crippen LogP contribution in [0, 0.1) is 0 Å². The van der Waals surface area contributed by atoms with Crippen LogP contribution in [0.25, 0.3) is 0 Å². The number of cyclic esters (lactones) is 1.